The molecule has 43 heavy (non-hydrogen) atoms. The molecule has 5 rings (SSSR count). The second-order valence-corrected chi connectivity index (χ2v) is 9.84. The number of benzene rings is 3. The molecule has 0 saturated heterocycles. The van der Waals surface area contributed by atoms with Crippen LogP contribution in [-0.4, -0.2) is 40.1 Å². The molecule has 0 bridgehead atoms. The summed E-state index contributed by atoms with van der Waals surface area (Å²) < 4.78 is 41.8. The Kier molecular flexibility index (Phi) is 8.16. The summed E-state index contributed by atoms with van der Waals surface area (Å²) in [6, 6.07) is 18.9. The van der Waals surface area contributed by atoms with Crippen molar-refractivity contribution in [1.82, 2.24) is 15.1 Å². The fourth-order valence-electron chi connectivity index (χ4n) is 5.26. The van der Waals surface area contributed by atoms with Crippen LogP contribution in [0.15, 0.2) is 97.2 Å². The van der Waals surface area contributed by atoms with Gasteiger partial charge in [-0.15, -0.1) is 0 Å². The van der Waals surface area contributed by atoms with E-state index in [1.165, 1.54) is 17.0 Å². The van der Waals surface area contributed by atoms with Crippen molar-refractivity contribution in [2.24, 2.45) is 0 Å². The number of alkyl halides is 3. The maximum atomic E-state index is 14.2. The van der Waals surface area contributed by atoms with Gasteiger partial charge in [0.15, 0.2) is 0 Å². The minimum atomic E-state index is -4.65. The molecule has 2 N–H and O–H groups in total. The number of likely N-dealkylation sites (N-methyl/N-ethyl adjacent to an activating group) is 1. The van der Waals surface area contributed by atoms with Gasteiger partial charge in [-0.2, -0.15) is 18.3 Å². The standard InChI is InChI=1S/C32H28F3N5O3/c1-3-11-26(41)37-25-17-9-8-16-23(25)27-24-19-36-40(22-14-6-5-7-15-22)30(24)39(4-2)31(43)28(27)38-29(42)20-12-10-13-21(18-20)32(33,34)35/h3,5-19,27-28H,4H2,1-2H3,(H,37,41)(H,38,42)/b11-3+/t27-,28+/m0/s1. The van der Waals surface area contributed by atoms with Crippen molar-refractivity contribution in [3.8, 4) is 5.69 Å². The normalized spacial score (nSPS) is 16.7. The fourth-order valence-corrected chi connectivity index (χ4v) is 5.26. The Morgan fingerprint density at radius 2 is 1.70 bits per heavy atom. The first kappa shape index (κ1) is 29.3. The lowest BCUT2D eigenvalue weighted by atomic mass is 9.81. The lowest BCUT2D eigenvalue weighted by molar-refractivity contribution is -0.137. The van der Waals surface area contributed by atoms with E-state index in [9.17, 15) is 27.6 Å². The van der Waals surface area contributed by atoms with Gasteiger partial charge in [0.25, 0.3) is 11.8 Å². The quantitative estimate of drug-likeness (QED) is 0.271. The molecule has 1 aromatic heterocycles. The molecule has 0 saturated carbocycles. The van der Waals surface area contributed by atoms with E-state index in [4.69, 9.17) is 0 Å². The zero-order valence-electron chi connectivity index (χ0n) is 23.3. The molecule has 220 valence electrons. The fraction of sp³-hybridized carbons (Fsp3) is 0.188. The molecule has 0 aliphatic carbocycles. The van der Waals surface area contributed by atoms with E-state index in [2.05, 4.69) is 15.7 Å². The van der Waals surface area contributed by atoms with Gasteiger partial charge in [-0.05, 0) is 61.9 Å². The molecule has 0 radical (unpaired) electrons. The number of hydrogen-bond donors (Lipinski definition) is 2. The number of halogens is 3. The SMILES string of the molecule is C/C=C/C(=O)Nc1ccccc1[C@H]1c2cnn(-c3ccccc3)c2N(CC)C(=O)[C@@H]1NC(=O)c1cccc(C(F)(F)F)c1. The van der Waals surface area contributed by atoms with Crippen LogP contribution < -0.4 is 15.5 Å². The van der Waals surface area contributed by atoms with E-state index in [-0.39, 0.29) is 12.1 Å². The first-order valence-electron chi connectivity index (χ1n) is 13.6. The maximum absolute atomic E-state index is 14.2. The molecular weight excluding hydrogens is 559 g/mol. The highest BCUT2D eigenvalue weighted by Crippen LogP contribution is 2.43. The van der Waals surface area contributed by atoms with E-state index in [1.54, 1.807) is 55.1 Å². The van der Waals surface area contributed by atoms with Crippen molar-refractivity contribution >= 4 is 29.2 Å². The lowest BCUT2D eigenvalue weighted by Gasteiger charge is -2.38. The summed E-state index contributed by atoms with van der Waals surface area (Å²) in [5.41, 5.74) is 0.996. The van der Waals surface area contributed by atoms with Crippen molar-refractivity contribution in [3.05, 3.63) is 119 Å². The van der Waals surface area contributed by atoms with Gasteiger partial charge < -0.3 is 10.6 Å². The van der Waals surface area contributed by atoms with Gasteiger partial charge in [-0.3, -0.25) is 19.3 Å². The third-order valence-electron chi connectivity index (χ3n) is 7.15. The largest absolute Gasteiger partial charge is 0.416 e. The van der Waals surface area contributed by atoms with E-state index in [1.807, 2.05) is 30.3 Å². The number of anilines is 2. The topological polar surface area (TPSA) is 96.3 Å². The molecule has 2 atom stereocenters. The number of carbonyl (C=O) groups is 3. The van der Waals surface area contributed by atoms with Crippen LogP contribution in [-0.2, 0) is 15.8 Å². The lowest BCUT2D eigenvalue weighted by Crippen LogP contribution is -2.55. The third-order valence-corrected chi connectivity index (χ3v) is 7.15. The zero-order valence-corrected chi connectivity index (χ0v) is 23.3. The maximum Gasteiger partial charge on any atom is 0.416 e. The molecule has 2 heterocycles. The van der Waals surface area contributed by atoms with Crippen LogP contribution in [0.3, 0.4) is 0 Å². The van der Waals surface area contributed by atoms with E-state index < -0.39 is 41.4 Å². The summed E-state index contributed by atoms with van der Waals surface area (Å²) in [6.07, 6.45) is -0.103. The number of allylic oxidation sites excluding steroid dienone is 1. The monoisotopic (exact) mass is 587 g/mol. The smallest absolute Gasteiger partial charge is 0.339 e. The zero-order chi connectivity index (χ0) is 30.7. The molecule has 4 aromatic rings. The Morgan fingerprint density at radius 3 is 2.40 bits per heavy atom. The van der Waals surface area contributed by atoms with Crippen LogP contribution in [0.1, 0.15) is 46.8 Å². The summed E-state index contributed by atoms with van der Waals surface area (Å²) in [5, 5.41) is 10.1. The molecule has 3 aromatic carbocycles. The number of hydrogen-bond acceptors (Lipinski definition) is 4. The number of carbonyl (C=O) groups excluding carboxylic acids is 3. The number of rotatable bonds is 7. The van der Waals surface area contributed by atoms with Crippen molar-refractivity contribution in [2.45, 2.75) is 32.0 Å². The number of amides is 3. The molecular formula is C32H28F3N5O3. The average Bonchev–Trinajstić information content (AvgIpc) is 3.43. The van der Waals surface area contributed by atoms with Crippen molar-refractivity contribution in [3.63, 3.8) is 0 Å². The minimum absolute atomic E-state index is 0.229. The van der Waals surface area contributed by atoms with Crippen LogP contribution in [0.25, 0.3) is 5.69 Å². The van der Waals surface area contributed by atoms with E-state index in [0.717, 1.165) is 18.2 Å². The highest BCUT2D eigenvalue weighted by atomic mass is 19.4. The van der Waals surface area contributed by atoms with Crippen LogP contribution in [0.4, 0.5) is 24.7 Å². The van der Waals surface area contributed by atoms with E-state index in [0.29, 0.717) is 28.3 Å². The van der Waals surface area contributed by atoms with Crippen molar-refractivity contribution in [2.75, 3.05) is 16.8 Å². The summed E-state index contributed by atoms with van der Waals surface area (Å²) >= 11 is 0. The molecule has 3 amide bonds. The van der Waals surface area contributed by atoms with Gasteiger partial charge >= 0.3 is 6.18 Å². The second kappa shape index (κ2) is 12.0. The van der Waals surface area contributed by atoms with Crippen molar-refractivity contribution in [1.29, 1.82) is 0 Å². The van der Waals surface area contributed by atoms with Gasteiger partial charge in [0, 0.05) is 29.3 Å². The summed E-state index contributed by atoms with van der Waals surface area (Å²) in [7, 11) is 0. The van der Waals surface area contributed by atoms with Gasteiger partial charge in [0.1, 0.15) is 11.9 Å². The highest BCUT2D eigenvalue weighted by molar-refractivity contribution is 6.06. The predicted octanol–water partition coefficient (Wildman–Crippen LogP) is 5.70. The molecule has 11 heteroatoms. The highest BCUT2D eigenvalue weighted by Gasteiger charge is 2.45. The third kappa shape index (κ3) is 5.78. The number of nitrogens with one attached hydrogen (secondary N) is 2. The van der Waals surface area contributed by atoms with E-state index >= 15 is 0 Å². The molecule has 1 aliphatic heterocycles. The van der Waals surface area contributed by atoms with Gasteiger partial charge in [0.2, 0.25) is 5.91 Å². The minimum Gasteiger partial charge on any atom is -0.339 e. The summed E-state index contributed by atoms with van der Waals surface area (Å²) in [5.74, 6) is -2.08. The summed E-state index contributed by atoms with van der Waals surface area (Å²) in [6.45, 7) is 3.71. The first-order valence-corrected chi connectivity index (χ1v) is 13.6. The molecule has 0 fully saturated rings. The number of aromatic nitrogens is 2. The van der Waals surface area contributed by atoms with Gasteiger partial charge in [0.05, 0.1) is 17.4 Å². The first-order chi connectivity index (χ1) is 20.6. The van der Waals surface area contributed by atoms with Crippen LogP contribution >= 0.6 is 0 Å². The Hall–Kier alpha value is -5.19. The number of para-hydroxylation sites is 2. The van der Waals surface area contributed by atoms with Gasteiger partial charge in [-0.1, -0.05) is 48.5 Å². The van der Waals surface area contributed by atoms with Crippen LogP contribution in [0, 0.1) is 0 Å². The Morgan fingerprint density at radius 1 is 0.977 bits per heavy atom. The number of fused-ring (bicyclic) bond motifs is 1. The Labute approximate surface area is 245 Å². The summed E-state index contributed by atoms with van der Waals surface area (Å²) in [4.78, 5) is 41.7. The van der Waals surface area contributed by atoms with Crippen LogP contribution in [0.2, 0.25) is 0 Å². The second-order valence-electron chi connectivity index (χ2n) is 9.84. The Balaban J connectivity index is 1.66. The average molecular weight is 588 g/mol. The molecule has 1 aliphatic rings. The van der Waals surface area contributed by atoms with Crippen LogP contribution in [0.5, 0.6) is 0 Å². The molecule has 0 spiro atoms. The molecule has 8 nitrogen and oxygen atoms in total. The predicted molar refractivity (Wildman–Crippen MR) is 156 cm³/mol. The number of nitrogens with zero attached hydrogens (tertiary/aromatic N) is 3. The molecule has 0 unspecified atom stereocenters. The Bertz CT molecular complexity index is 1700. The van der Waals surface area contributed by atoms with Gasteiger partial charge in [-0.25, -0.2) is 4.68 Å². The van der Waals surface area contributed by atoms with Crippen molar-refractivity contribution < 1.29 is 27.6 Å².